The van der Waals surface area contributed by atoms with E-state index in [9.17, 15) is 13.2 Å². The van der Waals surface area contributed by atoms with Crippen molar-refractivity contribution in [1.82, 2.24) is 20.0 Å². The fourth-order valence-electron chi connectivity index (χ4n) is 3.55. The molecule has 6 nitrogen and oxygen atoms in total. The molecule has 30 heavy (non-hydrogen) atoms. The van der Waals surface area contributed by atoms with Crippen molar-refractivity contribution in [3.63, 3.8) is 0 Å². The zero-order valence-electron chi connectivity index (χ0n) is 17.5. The minimum atomic E-state index is -4.32. The summed E-state index contributed by atoms with van der Waals surface area (Å²) in [6.45, 7) is 6.25. The normalized spacial score (nSPS) is 15.6. The molecular formula is C21H29F3N6. The van der Waals surface area contributed by atoms with Gasteiger partial charge in [-0.05, 0) is 43.5 Å². The predicted octanol–water partition coefficient (Wildman–Crippen LogP) is 3.16. The monoisotopic (exact) mass is 422 g/mol. The molecule has 0 unspecified atom stereocenters. The molecule has 1 saturated heterocycles. The number of hydrogen-bond donors (Lipinski definition) is 1. The second-order valence-corrected chi connectivity index (χ2v) is 7.38. The van der Waals surface area contributed by atoms with Gasteiger partial charge >= 0.3 is 6.18 Å². The van der Waals surface area contributed by atoms with Crippen LogP contribution in [0.1, 0.15) is 24.5 Å². The molecule has 0 amide bonds. The highest BCUT2D eigenvalue weighted by Gasteiger charge is 2.31. The van der Waals surface area contributed by atoms with Gasteiger partial charge in [-0.1, -0.05) is 6.07 Å². The summed E-state index contributed by atoms with van der Waals surface area (Å²) in [6, 6.07) is 5.55. The number of aliphatic imine (C=N–C) groups is 1. The van der Waals surface area contributed by atoms with Crippen molar-refractivity contribution in [3.05, 3.63) is 47.8 Å². The van der Waals surface area contributed by atoms with Crippen molar-refractivity contribution in [1.29, 1.82) is 0 Å². The van der Waals surface area contributed by atoms with Gasteiger partial charge in [-0.25, -0.2) is 0 Å². The van der Waals surface area contributed by atoms with E-state index in [0.29, 0.717) is 38.4 Å². The van der Waals surface area contributed by atoms with Crippen LogP contribution in [0.4, 0.5) is 18.9 Å². The molecule has 1 N–H and O–H groups in total. The third-order valence-corrected chi connectivity index (χ3v) is 5.10. The van der Waals surface area contributed by atoms with Crippen molar-refractivity contribution in [2.75, 3.05) is 44.2 Å². The summed E-state index contributed by atoms with van der Waals surface area (Å²) < 4.78 is 40.8. The Hall–Kier alpha value is -2.71. The first-order valence-corrected chi connectivity index (χ1v) is 10.3. The Bertz CT molecular complexity index is 837. The number of hydrogen-bond acceptors (Lipinski definition) is 3. The van der Waals surface area contributed by atoms with Crippen LogP contribution in [0.25, 0.3) is 0 Å². The van der Waals surface area contributed by atoms with Crippen LogP contribution in [0.15, 0.2) is 41.7 Å². The second-order valence-electron chi connectivity index (χ2n) is 7.38. The number of guanidine groups is 1. The number of aromatic nitrogens is 2. The lowest BCUT2D eigenvalue weighted by Gasteiger charge is -2.38. The van der Waals surface area contributed by atoms with Gasteiger partial charge in [-0.3, -0.25) is 9.67 Å². The van der Waals surface area contributed by atoms with Gasteiger partial charge < -0.3 is 15.1 Å². The highest BCUT2D eigenvalue weighted by molar-refractivity contribution is 5.80. The van der Waals surface area contributed by atoms with Crippen molar-refractivity contribution in [2.24, 2.45) is 12.0 Å². The van der Waals surface area contributed by atoms with Crippen molar-refractivity contribution >= 4 is 11.6 Å². The quantitative estimate of drug-likeness (QED) is 0.441. The van der Waals surface area contributed by atoms with Crippen LogP contribution in [0, 0.1) is 0 Å². The Morgan fingerprint density at radius 3 is 2.60 bits per heavy atom. The first-order valence-electron chi connectivity index (χ1n) is 10.3. The summed E-state index contributed by atoms with van der Waals surface area (Å²) >= 11 is 0. The van der Waals surface area contributed by atoms with Crippen molar-refractivity contribution in [3.8, 4) is 0 Å². The molecule has 0 saturated carbocycles. The fraction of sp³-hybridized carbons (Fsp3) is 0.524. The lowest BCUT2D eigenvalue weighted by Crippen LogP contribution is -2.52. The largest absolute Gasteiger partial charge is 0.416 e. The van der Waals surface area contributed by atoms with E-state index < -0.39 is 11.7 Å². The summed E-state index contributed by atoms with van der Waals surface area (Å²) in [7, 11) is 1.91. The molecule has 1 fully saturated rings. The van der Waals surface area contributed by atoms with Gasteiger partial charge in [0.05, 0.1) is 11.8 Å². The van der Waals surface area contributed by atoms with E-state index in [1.165, 1.54) is 17.7 Å². The van der Waals surface area contributed by atoms with Crippen LogP contribution in [0.2, 0.25) is 0 Å². The maximum Gasteiger partial charge on any atom is 0.416 e. The molecule has 1 aromatic carbocycles. The van der Waals surface area contributed by atoms with E-state index >= 15 is 0 Å². The number of anilines is 1. The van der Waals surface area contributed by atoms with Crippen LogP contribution in [0.3, 0.4) is 0 Å². The number of nitrogens with zero attached hydrogens (tertiary/aromatic N) is 5. The van der Waals surface area contributed by atoms with Gasteiger partial charge in [-0.2, -0.15) is 18.3 Å². The zero-order valence-corrected chi connectivity index (χ0v) is 17.5. The zero-order chi connectivity index (χ0) is 21.6. The standard InChI is InChI=1S/C21H29F3N6/c1-3-25-20(26-9-5-6-17-15-27-28(2)16-17)30-12-10-29(11-13-30)19-8-4-7-18(14-19)21(22,23)24/h4,7-8,14-16H,3,5-6,9-13H2,1-2H3,(H,25,26). The average Bonchev–Trinajstić information content (AvgIpc) is 3.15. The van der Waals surface area contributed by atoms with E-state index in [1.807, 2.05) is 31.3 Å². The molecule has 164 valence electrons. The van der Waals surface area contributed by atoms with Gasteiger partial charge in [0.1, 0.15) is 0 Å². The molecule has 0 radical (unpaired) electrons. The van der Waals surface area contributed by atoms with E-state index in [2.05, 4.69) is 15.3 Å². The summed E-state index contributed by atoms with van der Waals surface area (Å²) in [5.74, 6) is 0.868. The molecule has 1 aromatic heterocycles. The summed E-state index contributed by atoms with van der Waals surface area (Å²) in [4.78, 5) is 8.92. The van der Waals surface area contributed by atoms with Gasteiger partial charge in [0.25, 0.3) is 0 Å². The first-order chi connectivity index (χ1) is 14.4. The third-order valence-electron chi connectivity index (χ3n) is 5.10. The number of rotatable bonds is 6. The molecule has 3 rings (SSSR count). The molecular weight excluding hydrogens is 393 g/mol. The van der Waals surface area contributed by atoms with Gasteiger partial charge in [0, 0.05) is 58.2 Å². The second kappa shape index (κ2) is 9.86. The molecule has 0 spiro atoms. The molecule has 0 aliphatic carbocycles. The van der Waals surface area contributed by atoms with Crippen molar-refractivity contribution < 1.29 is 13.2 Å². The van der Waals surface area contributed by atoms with Crippen LogP contribution < -0.4 is 10.2 Å². The highest BCUT2D eigenvalue weighted by Crippen LogP contribution is 2.31. The lowest BCUT2D eigenvalue weighted by molar-refractivity contribution is -0.137. The van der Waals surface area contributed by atoms with Gasteiger partial charge in [0.15, 0.2) is 5.96 Å². The third kappa shape index (κ3) is 5.90. The Morgan fingerprint density at radius 1 is 1.20 bits per heavy atom. The Morgan fingerprint density at radius 2 is 1.97 bits per heavy atom. The minimum absolute atomic E-state index is 0.606. The maximum atomic E-state index is 13.0. The lowest BCUT2D eigenvalue weighted by atomic mass is 10.1. The van der Waals surface area contributed by atoms with Crippen LogP contribution in [0.5, 0.6) is 0 Å². The first kappa shape index (κ1) is 22.0. The number of aryl methyl sites for hydroxylation is 2. The Balaban J connectivity index is 1.54. The SMILES string of the molecule is CCNC(=NCCCc1cnn(C)c1)N1CCN(c2cccc(C(F)(F)F)c2)CC1. The van der Waals surface area contributed by atoms with Crippen LogP contribution in [-0.2, 0) is 19.6 Å². The minimum Gasteiger partial charge on any atom is -0.368 e. The summed E-state index contributed by atoms with van der Waals surface area (Å²) in [5, 5.41) is 7.51. The Labute approximate surface area is 175 Å². The number of nitrogens with one attached hydrogen (secondary N) is 1. The molecule has 0 atom stereocenters. The molecule has 1 aliphatic rings. The molecule has 9 heteroatoms. The van der Waals surface area contributed by atoms with Crippen molar-refractivity contribution in [2.45, 2.75) is 25.9 Å². The van der Waals surface area contributed by atoms with E-state index in [1.54, 1.807) is 10.7 Å². The highest BCUT2D eigenvalue weighted by atomic mass is 19.4. The number of benzene rings is 1. The average molecular weight is 422 g/mol. The molecule has 1 aliphatic heterocycles. The maximum absolute atomic E-state index is 13.0. The number of halogens is 3. The smallest absolute Gasteiger partial charge is 0.368 e. The number of alkyl halides is 3. The van der Waals surface area contributed by atoms with Crippen LogP contribution >= 0.6 is 0 Å². The fourth-order valence-corrected chi connectivity index (χ4v) is 3.55. The van der Waals surface area contributed by atoms with Gasteiger partial charge in [-0.15, -0.1) is 0 Å². The summed E-state index contributed by atoms with van der Waals surface area (Å²) in [5.41, 5.74) is 1.21. The van der Waals surface area contributed by atoms with E-state index in [0.717, 1.165) is 31.4 Å². The topological polar surface area (TPSA) is 48.7 Å². The number of piperazine rings is 1. The van der Waals surface area contributed by atoms with Crippen LogP contribution in [-0.4, -0.2) is 59.9 Å². The van der Waals surface area contributed by atoms with E-state index in [4.69, 9.17) is 4.99 Å². The predicted molar refractivity (Wildman–Crippen MR) is 113 cm³/mol. The van der Waals surface area contributed by atoms with Gasteiger partial charge in [0.2, 0.25) is 0 Å². The molecule has 2 aromatic rings. The molecule has 0 bridgehead atoms. The summed E-state index contributed by atoms with van der Waals surface area (Å²) in [6.07, 6.45) is 1.44. The Kier molecular flexibility index (Phi) is 7.23. The molecule has 2 heterocycles. The van der Waals surface area contributed by atoms with E-state index in [-0.39, 0.29) is 0 Å².